The van der Waals surface area contributed by atoms with Gasteiger partial charge in [0, 0.05) is 6.07 Å². The summed E-state index contributed by atoms with van der Waals surface area (Å²) in [4.78, 5) is 33.2. The van der Waals surface area contributed by atoms with E-state index in [4.69, 9.17) is 28.8 Å². The van der Waals surface area contributed by atoms with Gasteiger partial charge < -0.3 is 22.5 Å². The van der Waals surface area contributed by atoms with E-state index >= 15 is 0 Å². The Balaban J connectivity index is 1.95. The summed E-state index contributed by atoms with van der Waals surface area (Å²) in [6.07, 6.45) is 2.45. The van der Waals surface area contributed by atoms with E-state index in [2.05, 4.69) is 30.2 Å². The van der Waals surface area contributed by atoms with Gasteiger partial charge in [0.1, 0.15) is 33.8 Å². The second-order valence-electron chi connectivity index (χ2n) is 6.69. The van der Waals surface area contributed by atoms with E-state index in [9.17, 15) is 13.6 Å². The maximum Gasteiger partial charge on any atom is 0.267 e. The predicted octanol–water partition coefficient (Wildman–Crippen LogP) is 1.82. The van der Waals surface area contributed by atoms with Crippen LogP contribution >= 0.6 is 11.6 Å². The average Bonchev–Trinajstić information content (AvgIpc) is 2.73. The summed E-state index contributed by atoms with van der Waals surface area (Å²) in [6, 6.07) is 0.703. The first-order valence-corrected chi connectivity index (χ1v) is 9.38. The van der Waals surface area contributed by atoms with Gasteiger partial charge in [-0.1, -0.05) is 11.6 Å². The molecule has 1 atom stereocenters. The Morgan fingerprint density at radius 2 is 1.84 bits per heavy atom. The lowest BCUT2D eigenvalue weighted by atomic mass is 10.2. The third kappa shape index (κ3) is 3.69. The molecule has 4 rings (SSSR count). The Morgan fingerprint density at radius 3 is 2.53 bits per heavy atom. The van der Waals surface area contributed by atoms with Crippen molar-refractivity contribution >= 4 is 45.9 Å². The first-order valence-electron chi connectivity index (χ1n) is 9.00. The number of fused-ring (bicyclic) bond motifs is 1. The molecular formula is C18H15ClF2N10O. The molecule has 0 amide bonds. The van der Waals surface area contributed by atoms with Gasteiger partial charge in [0.25, 0.3) is 5.56 Å². The minimum atomic E-state index is -1.00. The smallest absolute Gasteiger partial charge is 0.267 e. The predicted molar refractivity (Wildman–Crippen MR) is 115 cm³/mol. The van der Waals surface area contributed by atoms with E-state index in [-0.39, 0.29) is 51.0 Å². The highest BCUT2D eigenvalue weighted by molar-refractivity contribution is 6.35. The minimum Gasteiger partial charge on any atom is -0.382 e. The molecule has 3 aromatic heterocycles. The van der Waals surface area contributed by atoms with E-state index < -0.39 is 23.2 Å². The molecule has 0 aliphatic carbocycles. The van der Waals surface area contributed by atoms with Crippen molar-refractivity contribution in [1.82, 2.24) is 29.5 Å². The van der Waals surface area contributed by atoms with E-state index in [0.29, 0.717) is 6.07 Å². The van der Waals surface area contributed by atoms with Gasteiger partial charge in [-0.3, -0.25) is 4.79 Å². The molecule has 0 aliphatic heterocycles. The van der Waals surface area contributed by atoms with Gasteiger partial charge in [-0.05, 0) is 13.0 Å². The van der Waals surface area contributed by atoms with Gasteiger partial charge in [0.15, 0.2) is 17.5 Å². The number of nitrogens with two attached hydrogens (primary N) is 3. The fourth-order valence-corrected chi connectivity index (χ4v) is 3.18. The molecule has 11 nitrogen and oxygen atoms in total. The molecular weight excluding hydrogens is 446 g/mol. The highest BCUT2D eigenvalue weighted by atomic mass is 35.5. The Bertz CT molecular complexity index is 1410. The van der Waals surface area contributed by atoms with Crippen LogP contribution in [-0.4, -0.2) is 29.5 Å². The lowest BCUT2D eigenvalue weighted by Gasteiger charge is -2.20. The van der Waals surface area contributed by atoms with Gasteiger partial charge in [-0.2, -0.15) is 9.97 Å². The number of hydrogen-bond donors (Lipinski definition) is 4. The van der Waals surface area contributed by atoms with Crippen LogP contribution < -0.4 is 28.1 Å². The molecule has 7 N–H and O–H groups in total. The van der Waals surface area contributed by atoms with Crippen molar-refractivity contribution in [2.75, 3.05) is 22.5 Å². The number of nitrogens with one attached hydrogen (secondary N) is 1. The van der Waals surface area contributed by atoms with Crippen LogP contribution in [0.15, 0.2) is 29.3 Å². The van der Waals surface area contributed by atoms with Crippen LogP contribution in [0.3, 0.4) is 0 Å². The highest BCUT2D eigenvalue weighted by Gasteiger charge is 2.23. The molecule has 0 radical (unpaired) electrons. The molecule has 14 heteroatoms. The van der Waals surface area contributed by atoms with E-state index in [1.165, 1.54) is 12.4 Å². The van der Waals surface area contributed by atoms with Crippen LogP contribution in [-0.2, 0) is 0 Å². The number of rotatable bonds is 4. The molecule has 0 aliphatic rings. The SMILES string of the molecule is CC(Nc1nc(N)nc(N)c1Cl)c1nc2c(F)cc(F)cc2c(=O)n1-c1cnc(N)cn1. The number of hydrogen-bond acceptors (Lipinski definition) is 10. The van der Waals surface area contributed by atoms with E-state index in [0.717, 1.165) is 10.6 Å². The second-order valence-corrected chi connectivity index (χ2v) is 7.07. The second kappa shape index (κ2) is 7.85. The zero-order valence-corrected chi connectivity index (χ0v) is 17.1. The average molecular weight is 461 g/mol. The summed E-state index contributed by atoms with van der Waals surface area (Å²) < 4.78 is 29.3. The summed E-state index contributed by atoms with van der Waals surface area (Å²) in [7, 11) is 0. The Hall–Kier alpha value is -4.13. The molecule has 0 spiro atoms. The normalized spacial score (nSPS) is 12.1. The maximum absolute atomic E-state index is 14.5. The summed E-state index contributed by atoms with van der Waals surface area (Å²) in [5.41, 5.74) is 15.8. The van der Waals surface area contributed by atoms with Crippen molar-refractivity contribution in [2.45, 2.75) is 13.0 Å². The molecule has 1 aromatic carbocycles. The third-order valence-corrected chi connectivity index (χ3v) is 4.81. The van der Waals surface area contributed by atoms with Gasteiger partial charge in [-0.15, -0.1) is 0 Å². The molecule has 0 saturated heterocycles. The van der Waals surface area contributed by atoms with Crippen LogP contribution in [0, 0.1) is 11.6 Å². The molecule has 164 valence electrons. The van der Waals surface area contributed by atoms with Gasteiger partial charge >= 0.3 is 0 Å². The van der Waals surface area contributed by atoms with Crippen molar-refractivity contribution in [3.05, 3.63) is 57.4 Å². The first-order chi connectivity index (χ1) is 15.2. The van der Waals surface area contributed by atoms with Crippen LogP contribution in [0.25, 0.3) is 16.7 Å². The van der Waals surface area contributed by atoms with Gasteiger partial charge in [0.2, 0.25) is 5.95 Å². The summed E-state index contributed by atoms with van der Waals surface area (Å²) in [5, 5.41) is 2.62. The minimum absolute atomic E-state index is 0.00102. The van der Waals surface area contributed by atoms with Crippen molar-refractivity contribution in [3.63, 3.8) is 0 Å². The molecule has 1 unspecified atom stereocenters. The van der Waals surface area contributed by atoms with E-state index in [1.54, 1.807) is 6.92 Å². The third-order valence-electron chi connectivity index (χ3n) is 4.44. The number of nitrogens with zero attached hydrogens (tertiary/aromatic N) is 6. The van der Waals surface area contributed by atoms with Crippen molar-refractivity contribution in [3.8, 4) is 5.82 Å². The van der Waals surface area contributed by atoms with Crippen molar-refractivity contribution in [1.29, 1.82) is 0 Å². The van der Waals surface area contributed by atoms with Crippen molar-refractivity contribution in [2.24, 2.45) is 0 Å². The number of aromatic nitrogens is 6. The summed E-state index contributed by atoms with van der Waals surface area (Å²) in [6.45, 7) is 1.60. The van der Waals surface area contributed by atoms with Gasteiger partial charge in [-0.25, -0.2) is 28.3 Å². The molecule has 3 heterocycles. The quantitative estimate of drug-likeness (QED) is 0.351. The van der Waals surface area contributed by atoms with Gasteiger partial charge in [0.05, 0.1) is 23.8 Å². The lowest BCUT2D eigenvalue weighted by molar-refractivity contribution is 0.587. The Morgan fingerprint density at radius 1 is 1.09 bits per heavy atom. The number of halogens is 3. The fraction of sp³-hybridized carbons (Fsp3) is 0.111. The largest absolute Gasteiger partial charge is 0.382 e. The summed E-state index contributed by atoms with van der Waals surface area (Å²) >= 11 is 6.15. The maximum atomic E-state index is 14.5. The molecule has 4 aromatic rings. The number of nitrogen functional groups attached to an aromatic ring is 3. The highest BCUT2D eigenvalue weighted by Crippen LogP contribution is 2.29. The topological polar surface area (TPSA) is 177 Å². The summed E-state index contributed by atoms with van der Waals surface area (Å²) in [5.74, 6) is -1.94. The number of benzene rings is 1. The molecule has 32 heavy (non-hydrogen) atoms. The molecule has 0 bridgehead atoms. The first kappa shape index (κ1) is 21.1. The van der Waals surface area contributed by atoms with Crippen LogP contribution in [0.2, 0.25) is 5.02 Å². The number of anilines is 4. The monoisotopic (exact) mass is 460 g/mol. The fourth-order valence-electron chi connectivity index (χ4n) is 3.04. The zero-order valence-electron chi connectivity index (χ0n) is 16.3. The Kier molecular flexibility index (Phi) is 5.18. The molecule has 0 fully saturated rings. The lowest BCUT2D eigenvalue weighted by Crippen LogP contribution is -2.28. The van der Waals surface area contributed by atoms with Crippen LogP contribution in [0.1, 0.15) is 18.8 Å². The standard InChI is InChI=1S/C18H15ClF2N10O/c1-6(27-15-12(19)14(23)29-18(24)30-15)16-28-13-8(2-7(20)3-9(13)21)17(32)31(16)11-5-25-10(22)4-26-11/h2-6H,1H3,(H2,22,25)(H5,23,24,27,29,30). The molecule has 0 saturated carbocycles. The Labute approximate surface area is 183 Å². The van der Waals surface area contributed by atoms with E-state index in [1.807, 2.05) is 0 Å². The van der Waals surface area contributed by atoms with Crippen LogP contribution in [0.5, 0.6) is 0 Å². The van der Waals surface area contributed by atoms with Crippen LogP contribution in [0.4, 0.5) is 32.2 Å². The zero-order chi connectivity index (χ0) is 23.2. The van der Waals surface area contributed by atoms with Crippen molar-refractivity contribution < 1.29 is 8.78 Å².